The second-order valence-electron chi connectivity index (χ2n) is 11.0. The molecule has 0 aromatic heterocycles. The Labute approximate surface area is 225 Å². The normalized spacial score (nSPS) is 25.6. The molecule has 1 saturated carbocycles. The maximum atomic E-state index is 11.9. The Balaban J connectivity index is 1.49. The van der Waals surface area contributed by atoms with Crippen LogP contribution in [0, 0.1) is 11.8 Å². The Morgan fingerprint density at radius 2 is 2.16 bits per heavy atom. The molecule has 5 nitrogen and oxygen atoms in total. The summed E-state index contributed by atoms with van der Waals surface area (Å²) in [6.45, 7) is 4.42. The lowest BCUT2D eigenvalue weighted by Gasteiger charge is -2.46. The van der Waals surface area contributed by atoms with Crippen LogP contribution in [0.3, 0.4) is 0 Å². The van der Waals surface area contributed by atoms with Gasteiger partial charge in [-0.05, 0) is 91.8 Å². The van der Waals surface area contributed by atoms with Crippen molar-refractivity contribution in [2.75, 3.05) is 31.7 Å². The fraction of sp³-hybridized carbons (Fsp3) is 0.516. The largest absolute Gasteiger partial charge is 0.490 e. The van der Waals surface area contributed by atoms with Gasteiger partial charge in [-0.15, -0.1) is 0 Å². The zero-order valence-corrected chi connectivity index (χ0v) is 22.7. The molecule has 1 fully saturated rings. The molecule has 6 heteroatoms. The molecule has 2 aromatic carbocycles. The van der Waals surface area contributed by atoms with E-state index in [-0.39, 0.29) is 11.5 Å². The van der Waals surface area contributed by atoms with E-state index in [0.29, 0.717) is 24.0 Å². The number of anilines is 1. The standard InChI is InChI=1S/C31H38ClNO4/c1-3-4-5-8-28(36-2)25-12-9-23(25)18-33-19-31(15-6-7-21-16-24(32)11-13-26(21)31)20-37-29-14-10-22(30(34)35)17-27(29)33/h5,8,10-11,13-14,16-17,23,25,28H,3-4,6-7,9,12,15,18-20H2,1-2H3,(H,34,35)/b8-5+/t23-,25+,28-,31-/m0/s1. The van der Waals surface area contributed by atoms with Crippen molar-refractivity contribution >= 4 is 23.3 Å². The van der Waals surface area contributed by atoms with Gasteiger partial charge < -0.3 is 19.5 Å². The van der Waals surface area contributed by atoms with E-state index >= 15 is 0 Å². The first-order chi connectivity index (χ1) is 17.9. The first-order valence-electron chi connectivity index (χ1n) is 13.7. The van der Waals surface area contributed by atoms with Crippen LogP contribution >= 0.6 is 11.6 Å². The molecule has 1 N–H and O–H groups in total. The van der Waals surface area contributed by atoms with Crippen molar-refractivity contribution in [1.82, 2.24) is 0 Å². The van der Waals surface area contributed by atoms with Gasteiger partial charge in [-0.1, -0.05) is 43.2 Å². The smallest absolute Gasteiger partial charge is 0.335 e. The SMILES string of the molecule is CCC/C=C/[C@H](OC)[C@@H]1CC[C@H]1CN1C[C@@]2(CCCc3cc(Cl)ccc32)COc2ccc(C(=O)O)cc21. The van der Waals surface area contributed by atoms with Crippen molar-refractivity contribution in [3.8, 4) is 5.75 Å². The van der Waals surface area contributed by atoms with Crippen LogP contribution in [-0.2, 0) is 16.6 Å². The number of carboxylic acids is 1. The summed E-state index contributed by atoms with van der Waals surface area (Å²) in [5.41, 5.74) is 3.64. The number of nitrogens with zero attached hydrogens (tertiary/aromatic N) is 1. The van der Waals surface area contributed by atoms with Crippen molar-refractivity contribution in [2.24, 2.45) is 11.8 Å². The summed E-state index contributed by atoms with van der Waals surface area (Å²) in [4.78, 5) is 14.3. The first-order valence-corrected chi connectivity index (χ1v) is 14.1. The predicted molar refractivity (Wildman–Crippen MR) is 148 cm³/mol. The third kappa shape index (κ3) is 5.26. The molecule has 2 aromatic rings. The van der Waals surface area contributed by atoms with Crippen LogP contribution in [0.15, 0.2) is 48.6 Å². The van der Waals surface area contributed by atoms with Crippen molar-refractivity contribution in [3.05, 3.63) is 70.3 Å². The highest BCUT2D eigenvalue weighted by Crippen LogP contribution is 2.46. The number of hydrogen-bond donors (Lipinski definition) is 1. The molecule has 3 aliphatic rings. The van der Waals surface area contributed by atoms with Crippen LogP contribution in [0.4, 0.5) is 5.69 Å². The molecule has 0 radical (unpaired) electrons. The number of aryl methyl sites for hydroxylation is 1. The second-order valence-corrected chi connectivity index (χ2v) is 11.4. The molecule has 1 spiro atoms. The Bertz CT molecular complexity index is 1160. The van der Waals surface area contributed by atoms with Gasteiger partial charge in [0.05, 0.1) is 24.0 Å². The zero-order chi connectivity index (χ0) is 26.0. The van der Waals surface area contributed by atoms with Crippen molar-refractivity contribution < 1.29 is 19.4 Å². The molecule has 5 rings (SSSR count). The summed E-state index contributed by atoms with van der Waals surface area (Å²) in [6, 6.07) is 11.6. The van der Waals surface area contributed by atoms with Crippen LogP contribution in [-0.4, -0.2) is 44.0 Å². The van der Waals surface area contributed by atoms with Gasteiger partial charge in [0.15, 0.2) is 0 Å². The van der Waals surface area contributed by atoms with Crippen LogP contribution in [0.2, 0.25) is 5.02 Å². The summed E-state index contributed by atoms with van der Waals surface area (Å²) < 4.78 is 12.4. The molecular weight excluding hydrogens is 486 g/mol. The van der Waals surface area contributed by atoms with Crippen molar-refractivity contribution in [1.29, 1.82) is 0 Å². The highest BCUT2D eigenvalue weighted by molar-refractivity contribution is 6.30. The van der Waals surface area contributed by atoms with E-state index in [4.69, 9.17) is 21.1 Å². The highest BCUT2D eigenvalue weighted by atomic mass is 35.5. The van der Waals surface area contributed by atoms with Gasteiger partial charge in [-0.3, -0.25) is 0 Å². The summed E-state index contributed by atoms with van der Waals surface area (Å²) in [5.74, 6) is 0.786. The van der Waals surface area contributed by atoms with Gasteiger partial charge in [0.1, 0.15) is 5.75 Å². The third-order valence-electron chi connectivity index (χ3n) is 8.69. The molecule has 0 amide bonds. The Morgan fingerprint density at radius 1 is 1.30 bits per heavy atom. The lowest BCUT2D eigenvalue weighted by molar-refractivity contribution is 0.0132. The van der Waals surface area contributed by atoms with Gasteiger partial charge in [-0.2, -0.15) is 0 Å². The van der Waals surface area contributed by atoms with Gasteiger partial charge in [0.25, 0.3) is 0 Å². The molecular formula is C31H38ClNO4. The number of halogens is 1. The number of carboxylic acid groups (broad SMARTS) is 1. The van der Waals surface area contributed by atoms with E-state index in [9.17, 15) is 9.90 Å². The topological polar surface area (TPSA) is 59.0 Å². The fourth-order valence-electron chi connectivity index (χ4n) is 6.58. The van der Waals surface area contributed by atoms with Gasteiger partial charge in [-0.25, -0.2) is 4.79 Å². The van der Waals surface area contributed by atoms with Crippen molar-refractivity contribution in [2.45, 2.75) is 63.4 Å². The number of unbranched alkanes of at least 4 members (excludes halogenated alkanes) is 1. The van der Waals surface area contributed by atoms with Gasteiger partial charge >= 0.3 is 5.97 Å². The first kappa shape index (κ1) is 26.1. The monoisotopic (exact) mass is 523 g/mol. The number of hydrogen-bond acceptors (Lipinski definition) is 4. The lowest BCUT2D eigenvalue weighted by Crippen LogP contribution is -2.49. The van der Waals surface area contributed by atoms with E-state index in [0.717, 1.165) is 74.5 Å². The molecule has 198 valence electrons. The second kappa shape index (κ2) is 11.1. The molecule has 1 heterocycles. The van der Waals surface area contributed by atoms with Crippen LogP contribution in [0.1, 0.15) is 66.9 Å². The van der Waals surface area contributed by atoms with E-state index in [1.54, 1.807) is 12.1 Å². The third-order valence-corrected chi connectivity index (χ3v) is 8.93. The predicted octanol–water partition coefficient (Wildman–Crippen LogP) is 6.91. The minimum Gasteiger partial charge on any atom is -0.490 e. The maximum absolute atomic E-state index is 11.9. The fourth-order valence-corrected chi connectivity index (χ4v) is 6.77. The molecule has 1 aliphatic heterocycles. The Kier molecular flexibility index (Phi) is 7.83. The van der Waals surface area contributed by atoms with E-state index in [2.05, 4.69) is 36.1 Å². The van der Waals surface area contributed by atoms with E-state index in [1.165, 1.54) is 11.1 Å². The molecule has 37 heavy (non-hydrogen) atoms. The van der Waals surface area contributed by atoms with Crippen LogP contribution in [0.25, 0.3) is 0 Å². The number of carbonyl (C=O) groups is 1. The number of methoxy groups -OCH3 is 1. The van der Waals surface area contributed by atoms with Crippen LogP contribution in [0.5, 0.6) is 5.75 Å². The molecule has 4 atom stereocenters. The molecule has 2 aliphatic carbocycles. The minimum absolute atomic E-state index is 0.116. The summed E-state index contributed by atoms with van der Waals surface area (Å²) >= 11 is 6.37. The number of fused-ring (bicyclic) bond motifs is 3. The van der Waals surface area contributed by atoms with Gasteiger partial charge in [0, 0.05) is 30.6 Å². The molecule has 0 unspecified atom stereocenters. The molecule has 0 bridgehead atoms. The molecule has 0 saturated heterocycles. The summed E-state index contributed by atoms with van der Waals surface area (Å²) in [6.07, 6.45) is 12.2. The summed E-state index contributed by atoms with van der Waals surface area (Å²) in [5, 5.41) is 10.5. The maximum Gasteiger partial charge on any atom is 0.335 e. The number of rotatable bonds is 8. The number of benzene rings is 2. The number of allylic oxidation sites excluding steroid dienone is 1. The van der Waals surface area contributed by atoms with E-state index in [1.807, 2.05) is 19.2 Å². The minimum atomic E-state index is -0.915. The van der Waals surface area contributed by atoms with Crippen LogP contribution < -0.4 is 9.64 Å². The number of ether oxygens (including phenoxy) is 2. The van der Waals surface area contributed by atoms with E-state index < -0.39 is 5.97 Å². The Hall–Kier alpha value is -2.50. The number of aromatic carboxylic acids is 1. The highest BCUT2D eigenvalue weighted by Gasteiger charge is 2.44. The van der Waals surface area contributed by atoms with Crippen molar-refractivity contribution in [3.63, 3.8) is 0 Å². The summed E-state index contributed by atoms with van der Waals surface area (Å²) in [7, 11) is 1.81. The van der Waals surface area contributed by atoms with Gasteiger partial charge in [0.2, 0.25) is 0 Å². The average Bonchev–Trinajstić information content (AvgIpc) is 3.03. The zero-order valence-electron chi connectivity index (χ0n) is 21.9. The lowest BCUT2D eigenvalue weighted by atomic mass is 9.68. The average molecular weight is 524 g/mol. The quantitative estimate of drug-likeness (QED) is 0.381. The Morgan fingerprint density at radius 3 is 2.89 bits per heavy atom.